The van der Waals surface area contributed by atoms with E-state index in [4.69, 9.17) is 10.5 Å². The fourth-order valence-electron chi connectivity index (χ4n) is 0.891. The van der Waals surface area contributed by atoms with Gasteiger partial charge < -0.3 is 10.5 Å². The normalized spacial score (nSPS) is 24.4. The van der Waals surface area contributed by atoms with E-state index in [1.54, 1.807) is 6.92 Å². The topological polar surface area (TPSA) is 55.6 Å². The van der Waals surface area contributed by atoms with E-state index in [1.807, 2.05) is 6.92 Å². The van der Waals surface area contributed by atoms with Gasteiger partial charge in [-0.15, -0.1) is 0 Å². The van der Waals surface area contributed by atoms with Crippen molar-refractivity contribution in [1.29, 1.82) is 0 Å². The zero-order valence-electron chi connectivity index (χ0n) is 6.89. The molecule has 62 valence electrons. The van der Waals surface area contributed by atoms with Crippen LogP contribution in [0.4, 0.5) is 0 Å². The summed E-state index contributed by atoms with van der Waals surface area (Å²) >= 11 is 0. The van der Waals surface area contributed by atoms with E-state index in [0.717, 1.165) is 18.6 Å². The van der Waals surface area contributed by atoms with Crippen molar-refractivity contribution in [3.8, 4) is 0 Å². The van der Waals surface area contributed by atoms with Crippen LogP contribution in [0.1, 0.15) is 20.3 Å². The fraction of sp³-hybridized carbons (Fsp3) is 0.625. The summed E-state index contributed by atoms with van der Waals surface area (Å²) in [5, 5.41) is 0. The highest BCUT2D eigenvalue weighted by Gasteiger charge is 2.23. The monoisotopic (exact) mass is 155 g/mol. The first-order chi connectivity index (χ1) is 5.11. The number of rotatable bonds is 3. The third-order valence-corrected chi connectivity index (χ3v) is 1.95. The van der Waals surface area contributed by atoms with Crippen LogP contribution in [0.15, 0.2) is 11.1 Å². The minimum atomic E-state index is -0.330. The van der Waals surface area contributed by atoms with E-state index in [1.165, 1.54) is 0 Å². The fourth-order valence-corrected chi connectivity index (χ4v) is 0.891. The first-order valence-corrected chi connectivity index (χ1v) is 3.69. The maximum Gasteiger partial charge on any atom is 0.244 e. The molecule has 1 heterocycles. The van der Waals surface area contributed by atoms with Crippen LogP contribution in [-0.2, 0) is 9.53 Å². The molecule has 1 amide bonds. The zero-order chi connectivity index (χ0) is 8.43. The van der Waals surface area contributed by atoms with Gasteiger partial charge in [-0.3, -0.25) is 4.79 Å². The number of amides is 1. The molecule has 0 aromatic rings. The lowest BCUT2D eigenvalue weighted by atomic mass is 10.1. The standard InChI is InChI=1S/C8H13NO2/c1-5(3-7-4-11-7)6(2)8(9)10/h7H,3-4H2,1-2H3,(H2,9,10)/b6-5+. The molecule has 2 N–H and O–H groups in total. The predicted octanol–water partition coefficient (Wildman–Crippen LogP) is 0.597. The summed E-state index contributed by atoms with van der Waals surface area (Å²) < 4.78 is 5.02. The lowest BCUT2D eigenvalue weighted by Gasteiger charge is -2.00. The first kappa shape index (κ1) is 8.27. The SMILES string of the molecule is C/C(CC1CO1)=C(/C)C(N)=O. The Morgan fingerprint density at radius 2 is 2.18 bits per heavy atom. The minimum Gasteiger partial charge on any atom is -0.373 e. The second-order valence-electron chi connectivity index (χ2n) is 2.93. The molecular formula is C8H13NO2. The van der Waals surface area contributed by atoms with Gasteiger partial charge >= 0.3 is 0 Å². The van der Waals surface area contributed by atoms with Crippen LogP contribution in [0, 0.1) is 0 Å². The second kappa shape index (κ2) is 3.05. The Kier molecular flexibility index (Phi) is 2.29. The first-order valence-electron chi connectivity index (χ1n) is 3.69. The second-order valence-corrected chi connectivity index (χ2v) is 2.93. The highest BCUT2D eigenvalue weighted by Crippen LogP contribution is 2.20. The summed E-state index contributed by atoms with van der Waals surface area (Å²) in [4.78, 5) is 10.7. The van der Waals surface area contributed by atoms with Gasteiger partial charge in [-0.2, -0.15) is 0 Å². The molecule has 1 unspecified atom stereocenters. The number of carbonyl (C=O) groups excluding carboxylic acids is 1. The Balaban J connectivity index is 2.52. The summed E-state index contributed by atoms with van der Waals surface area (Å²) in [6, 6.07) is 0. The highest BCUT2D eigenvalue weighted by molar-refractivity contribution is 5.91. The van der Waals surface area contributed by atoms with Gasteiger partial charge in [0.1, 0.15) is 0 Å². The lowest BCUT2D eigenvalue weighted by molar-refractivity contribution is -0.114. The summed E-state index contributed by atoms with van der Waals surface area (Å²) in [5.74, 6) is -0.330. The van der Waals surface area contributed by atoms with Crippen molar-refractivity contribution in [3.05, 3.63) is 11.1 Å². The van der Waals surface area contributed by atoms with Crippen molar-refractivity contribution in [2.75, 3.05) is 6.61 Å². The Bertz CT molecular complexity index is 204. The van der Waals surface area contributed by atoms with E-state index in [2.05, 4.69) is 0 Å². The van der Waals surface area contributed by atoms with Crippen molar-refractivity contribution < 1.29 is 9.53 Å². The number of epoxide rings is 1. The van der Waals surface area contributed by atoms with Gasteiger partial charge in [0.2, 0.25) is 5.91 Å². The molecule has 1 aliphatic rings. The molecule has 3 heteroatoms. The van der Waals surface area contributed by atoms with E-state index in [9.17, 15) is 4.79 Å². The van der Waals surface area contributed by atoms with Crippen LogP contribution in [0.2, 0.25) is 0 Å². The molecule has 1 fully saturated rings. The van der Waals surface area contributed by atoms with Gasteiger partial charge in [-0.05, 0) is 20.3 Å². The van der Waals surface area contributed by atoms with Crippen molar-refractivity contribution in [2.45, 2.75) is 26.4 Å². The van der Waals surface area contributed by atoms with Crippen molar-refractivity contribution >= 4 is 5.91 Å². The summed E-state index contributed by atoms with van der Waals surface area (Å²) in [7, 11) is 0. The van der Waals surface area contributed by atoms with E-state index in [-0.39, 0.29) is 5.91 Å². The van der Waals surface area contributed by atoms with Gasteiger partial charge in [0.05, 0.1) is 12.7 Å². The molecule has 0 spiro atoms. The van der Waals surface area contributed by atoms with Crippen LogP contribution in [0.3, 0.4) is 0 Å². The lowest BCUT2D eigenvalue weighted by Crippen LogP contribution is -2.13. The summed E-state index contributed by atoms with van der Waals surface area (Å²) in [6.45, 7) is 4.49. The molecule has 0 aromatic carbocycles. The van der Waals surface area contributed by atoms with Gasteiger partial charge in [0, 0.05) is 5.57 Å². The number of hydrogen-bond donors (Lipinski definition) is 1. The van der Waals surface area contributed by atoms with Gasteiger partial charge in [-0.25, -0.2) is 0 Å². The third kappa shape index (κ3) is 2.35. The van der Waals surface area contributed by atoms with E-state index >= 15 is 0 Å². The van der Waals surface area contributed by atoms with E-state index < -0.39 is 0 Å². The molecule has 3 nitrogen and oxygen atoms in total. The average Bonchev–Trinajstić information content (AvgIpc) is 2.69. The molecule has 0 radical (unpaired) electrons. The average molecular weight is 155 g/mol. The number of primary amides is 1. The van der Waals surface area contributed by atoms with Crippen LogP contribution < -0.4 is 5.73 Å². The Morgan fingerprint density at radius 1 is 1.64 bits per heavy atom. The van der Waals surface area contributed by atoms with E-state index in [0.29, 0.717) is 11.7 Å². The molecule has 1 aliphatic heterocycles. The van der Waals surface area contributed by atoms with Crippen LogP contribution in [0.25, 0.3) is 0 Å². The maximum atomic E-state index is 10.7. The smallest absolute Gasteiger partial charge is 0.244 e. The van der Waals surface area contributed by atoms with Gasteiger partial charge in [0.25, 0.3) is 0 Å². The molecule has 0 saturated carbocycles. The number of nitrogens with two attached hydrogens (primary N) is 1. The van der Waals surface area contributed by atoms with Crippen molar-refractivity contribution in [2.24, 2.45) is 5.73 Å². The molecule has 0 aromatic heterocycles. The number of carbonyl (C=O) groups is 1. The highest BCUT2D eigenvalue weighted by atomic mass is 16.6. The quantitative estimate of drug-likeness (QED) is 0.479. The molecule has 1 atom stereocenters. The number of hydrogen-bond acceptors (Lipinski definition) is 2. The molecule has 0 bridgehead atoms. The van der Waals surface area contributed by atoms with Crippen LogP contribution >= 0.6 is 0 Å². The molecule has 11 heavy (non-hydrogen) atoms. The Morgan fingerprint density at radius 3 is 2.55 bits per heavy atom. The third-order valence-electron chi connectivity index (χ3n) is 1.95. The van der Waals surface area contributed by atoms with Crippen molar-refractivity contribution in [3.63, 3.8) is 0 Å². The Labute approximate surface area is 66.2 Å². The molecule has 1 saturated heterocycles. The molecule has 1 rings (SSSR count). The van der Waals surface area contributed by atoms with Crippen molar-refractivity contribution in [1.82, 2.24) is 0 Å². The van der Waals surface area contributed by atoms with Crippen LogP contribution in [-0.4, -0.2) is 18.6 Å². The molecular weight excluding hydrogens is 142 g/mol. The summed E-state index contributed by atoms with van der Waals surface area (Å²) in [6.07, 6.45) is 1.18. The van der Waals surface area contributed by atoms with Gasteiger partial charge in [0.15, 0.2) is 0 Å². The minimum absolute atomic E-state index is 0.330. The predicted molar refractivity (Wildman–Crippen MR) is 41.9 cm³/mol. The van der Waals surface area contributed by atoms with Crippen LogP contribution in [0.5, 0.6) is 0 Å². The largest absolute Gasteiger partial charge is 0.373 e. The summed E-state index contributed by atoms with van der Waals surface area (Å²) in [5.41, 5.74) is 6.80. The maximum absolute atomic E-state index is 10.7. The Hall–Kier alpha value is -0.830. The molecule has 0 aliphatic carbocycles. The number of ether oxygens (including phenoxy) is 1. The van der Waals surface area contributed by atoms with Gasteiger partial charge in [-0.1, -0.05) is 5.57 Å². The zero-order valence-corrected chi connectivity index (χ0v) is 6.89.